The van der Waals surface area contributed by atoms with Gasteiger partial charge in [-0.05, 0) is 31.4 Å². The van der Waals surface area contributed by atoms with Crippen molar-refractivity contribution in [1.82, 2.24) is 4.98 Å². The first-order chi connectivity index (χ1) is 8.09. The molecule has 0 saturated carbocycles. The lowest BCUT2D eigenvalue weighted by molar-refractivity contribution is 0.100. The third-order valence-corrected chi connectivity index (χ3v) is 3.32. The van der Waals surface area contributed by atoms with Crippen LogP contribution in [0.1, 0.15) is 23.7 Å². The molecular formula is C12H18N4O. The molecule has 2 rings (SSSR count). The van der Waals surface area contributed by atoms with Crippen molar-refractivity contribution < 1.29 is 4.79 Å². The third kappa shape index (κ3) is 2.39. The van der Waals surface area contributed by atoms with Crippen LogP contribution in [-0.4, -0.2) is 30.0 Å². The van der Waals surface area contributed by atoms with E-state index in [2.05, 4.69) is 9.88 Å². The van der Waals surface area contributed by atoms with Crippen molar-refractivity contribution in [1.29, 1.82) is 0 Å². The van der Waals surface area contributed by atoms with E-state index < -0.39 is 5.91 Å². The zero-order valence-electron chi connectivity index (χ0n) is 9.97. The summed E-state index contributed by atoms with van der Waals surface area (Å²) in [5.41, 5.74) is 11.7. The Bertz CT molecular complexity index is 419. The molecule has 1 saturated heterocycles. The molecule has 2 unspecified atom stereocenters. The number of hydrogen-bond donors (Lipinski definition) is 2. The van der Waals surface area contributed by atoms with E-state index in [0.29, 0.717) is 17.3 Å². The van der Waals surface area contributed by atoms with Crippen LogP contribution in [0.25, 0.3) is 0 Å². The van der Waals surface area contributed by atoms with E-state index in [0.717, 1.165) is 19.5 Å². The monoisotopic (exact) mass is 234 g/mol. The summed E-state index contributed by atoms with van der Waals surface area (Å²) in [4.78, 5) is 17.7. The van der Waals surface area contributed by atoms with Gasteiger partial charge in [0.25, 0.3) is 5.91 Å². The molecule has 1 fully saturated rings. The van der Waals surface area contributed by atoms with Gasteiger partial charge in [-0.3, -0.25) is 4.79 Å². The number of carbonyl (C=O) groups is 1. The van der Waals surface area contributed by atoms with Gasteiger partial charge in [0, 0.05) is 25.3 Å². The van der Waals surface area contributed by atoms with E-state index in [1.165, 1.54) is 0 Å². The Labute approximate surface area is 101 Å². The van der Waals surface area contributed by atoms with Crippen LogP contribution in [0.5, 0.6) is 0 Å². The second-order valence-corrected chi connectivity index (χ2v) is 4.59. The van der Waals surface area contributed by atoms with Gasteiger partial charge in [0.15, 0.2) is 0 Å². The summed E-state index contributed by atoms with van der Waals surface area (Å²) < 4.78 is 0. The van der Waals surface area contributed by atoms with Crippen LogP contribution in [0.15, 0.2) is 18.3 Å². The molecule has 0 spiro atoms. The minimum absolute atomic E-state index is 0.167. The van der Waals surface area contributed by atoms with Gasteiger partial charge in [0.1, 0.15) is 5.82 Å². The summed E-state index contributed by atoms with van der Waals surface area (Å²) in [6, 6.07) is 3.60. The fourth-order valence-electron chi connectivity index (χ4n) is 2.25. The Hall–Kier alpha value is -1.62. The van der Waals surface area contributed by atoms with Crippen LogP contribution in [0.4, 0.5) is 5.82 Å². The molecule has 0 aromatic carbocycles. The summed E-state index contributed by atoms with van der Waals surface area (Å²) in [5.74, 6) is 0.707. The average Bonchev–Trinajstić information content (AvgIpc) is 2.78. The lowest BCUT2D eigenvalue weighted by atomic mass is 10.0. The predicted molar refractivity (Wildman–Crippen MR) is 66.7 cm³/mol. The molecule has 1 amide bonds. The maximum atomic E-state index is 11.3. The highest BCUT2D eigenvalue weighted by Gasteiger charge is 2.27. The minimum atomic E-state index is -0.433. The lowest BCUT2D eigenvalue weighted by Gasteiger charge is -2.20. The fraction of sp³-hybridized carbons (Fsp3) is 0.500. The molecule has 1 aromatic heterocycles. The molecule has 2 atom stereocenters. The topological polar surface area (TPSA) is 85.2 Å². The largest absolute Gasteiger partial charge is 0.365 e. The first kappa shape index (κ1) is 11.9. The number of aromatic nitrogens is 1. The second-order valence-electron chi connectivity index (χ2n) is 4.59. The Balaban J connectivity index is 2.21. The zero-order chi connectivity index (χ0) is 12.4. The standard InChI is InChI=1S/C12H18N4O/c1-8(13)9-4-6-16(7-9)12-10(11(14)17)3-2-5-15-12/h2-3,5,8-9H,4,6-7,13H2,1H3,(H2,14,17). The Morgan fingerprint density at radius 3 is 3.00 bits per heavy atom. The summed E-state index contributed by atoms with van der Waals surface area (Å²) >= 11 is 0. The molecule has 4 N–H and O–H groups in total. The molecule has 0 bridgehead atoms. The number of hydrogen-bond acceptors (Lipinski definition) is 4. The SMILES string of the molecule is CC(N)C1CCN(c2ncccc2C(N)=O)C1. The van der Waals surface area contributed by atoms with E-state index >= 15 is 0 Å². The van der Waals surface area contributed by atoms with Gasteiger partial charge in [0.2, 0.25) is 0 Å². The summed E-state index contributed by atoms with van der Waals surface area (Å²) in [6.07, 6.45) is 2.72. The van der Waals surface area contributed by atoms with Gasteiger partial charge in [0.05, 0.1) is 5.56 Å². The molecule has 92 valence electrons. The van der Waals surface area contributed by atoms with Crippen molar-refractivity contribution >= 4 is 11.7 Å². The van der Waals surface area contributed by atoms with E-state index in [9.17, 15) is 4.79 Å². The number of nitrogens with zero attached hydrogens (tertiary/aromatic N) is 2. The third-order valence-electron chi connectivity index (χ3n) is 3.32. The van der Waals surface area contributed by atoms with Crippen LogP contribution in [0, 0.1) is 5.92 Å². The quantitative estimate of drug-likeness (QED) is 0.790. The van der Waals surface area contributed by atoms with E-state index in [4.69, 9.17) is 11.5 Å². The van der Waals surface area contributed by atoms with E-state index in [1.54, 1.807) is 18.3 Å². The first-order valence-electron chi connectivity index (χ1n) is 5.85. The van der Waals surface area contributed by atoms with Crippen molar-refractivity contribution in [3.05, 3.63) is 23.9 Å². The molecular weight excluding hydrogens is 216 g/mol. The predicted octanol–water partition coefficient (Wildman–Crippen LogP) is 0.354. The van der Waals surface area contributed by atoms with Gasteiger partial charge in [-0.1, -0.05) is 0 Å². The molecule has 0 radical (unpaired) electrons. The van der Waals surface area contributed by atoms with E-state index in [-0.39, 0.29) is 6.04 Å². The molecule has 5 heteroatoms. The highest BCUT2D eigenvalue weighted by atomic mass is 16.1. The van der Waals surface area contributed by atoms with Crippen molar-refractivity contribution in [2.24, 2.45) is 17.4 Å². The zero-order valence-corrected chi connectivity index (χ0v) is 9.97. The van der Waals surface area contributed by atoms with Crippen LogP contribution in [-0.2, 0) is 0 Å². The Morgan fingerprint density at radius 1 is 1.65 bits per heavy atom. The Kier molecular flexibility index (Phi) is 3.28. The number of anilines is 1. The number of amides is 1. The number of pyridine rings is 1. The van der Waals surface area contributed by atoms with Crippen LogP contribution in [0.2, 0.25) is 0 Å². The van der Waals surface area contributed by atoms with Crippen molar-refractivity contribution in [2.45, 2.75) is 19.4 Å². The van der Waals surface area contributed by atoms with Gasteiger partial charge in [-0.25, -0.2) is 4.98 Å². The first-order valence-corrected chi connectivity index (χ1v) is 5.85. The van der Waals surface area contributed by atoms with Gasteiger partial charge < -0.3 is 16.4 Å². The summed E-state index contributed by atoms with van der Waals surface area (Å²) in [7, 11) is 0. The molecule has 0 aliphatic carbocycles. The molecule has 1 aromatic rings. The molecule has 2 heterocycles. The van der Waals surface area contributed by atoms with Gasteiger partial charge in [-0.15, -0.1) is 0 Å². The average molecular weight is 234 g/mol. The summed E-state index contributed by atoms with van der Waals surface area (Å²) in [6.45, 7) is 3.74. The molecule has 17 heavy (non-hydrogen) atoms. The smallest absolute Gasteiger partial charge is 0.252 e. The highest BCUT2D eigenvalue weighted by Crippen LogP contribution is 2.25. The molecule has 5 nitrogen and oxygen atoms in total. The number of carbonyl (C=O) groups excluding carboxylic acids is 1. The van der Waals surface area contributed by atoms with Crippen molar-refractivity contribution in [3.8, 4) is 0 Å². The molecule has 1 aliphatic heterocycles. The van der Waals surface area contributed by atoms with Gasteiger partial charge >= 0.3 is 0 Å². The molecule has 1 aliphatic rings. The van der Waals surface area contributed by atoms with Crippen molar-refractivity contribution in [3.63, 3.8) is 0 Å². The second kappa shape index (κ2) is 4.71. The lowest BCUT2D eigenvalue weighted by Crippen LogP contribution is -2.31. The normalized spacial score (nSPS) is 21.5. The van der Waals surface area contributed by atoms with Crippen LogP contribution >= 0.6 is 0 Å². The van der Waals surface area contributed by atoms with Crippen LogP contribution in [0.3, 0.4) is 0 Å². The highest BCUT2D eigenvalue weighted by molar-refractivity contribution is 5.97. The number of nitrogens with two attached hydrogens (primary N) is 2. The number of primary amides is 1. The maximum Gasteiger partial charge on any atom is 0.252 e. The maximum absolute atomic E-state index is 11.3. The summed E-state index contributed by atoms with van der Waals surface area (Å²) in [5, 5.41) is 0. The minimum Gasteiger partial charge on any atom is -0.365 e. The van der Waals surface area contributed by atoms with Crippen LogP contribution < -0.4 is 16.4 Å². The fourth-order valence-corrected chi connectivity index (χ4v) is 2.25. The van der Waals surface area contributed by atoms with Crippen molar-refractivity contribution in [2.75, 3.05) is 18.0 Å². The van der Waals surface area contributed by atoms with E-state index in [1.807, 2.05) is 6.92 Å². The Morgan fingerprint density at radius 2 is 2.41 bits per heavy atom. The number of rotatable bonds is 3. The van der Waals surface area contributed by atoms with Gasteiger partial charge in [-0.2, -0.15) is 0 Å².